The van der Waals surface area contributed by atoms with E-state index in [4.69, 9.17) is 10.1 Å². The summed E-state index contributed by atoms with van der Waals surface area (Å²) in [6, 6.07) is 11.3. The molecular weight excluding hydrogens is 418 g/mol. The number of hydrogen-bond acceptors (Lipinski definition) is 5. The number of likely N-dealkylation sites (tertiary alicyclic amines) is 1. The van der Waals surface area contributed by atoms with Gasteiger partial charge in [-0.3, -0.25) is 0 Å². The third-order valence-corrected chi connectivity index (χ3v) is 7.23. The number of carbonyl (C=O) groups excluding carboxylic acids is 1. The predicted molar refractivity (Wildman–Crippen MR) is 132 cm³/mol. The highest BCUT2D eigenvalue weighted by Crippen LogP contribution is 2.32. The minimum atomic E-state index is -0.449. The van der Waals surface area contributed by atoms with Crippen LogP contribution in [-0.2, 0) is 17.6 Å². The van der Waals surface area contributed by atoms with Gasteiger partial charge in [0.15, 0.2) is 0 Å². The zero-order valence-electron chi connectivity index (χ0n) is 19.5. The van der Waals surface area contributed by atoms with Crippen LogP contribution in [0.4, 0.5) is 10.5 Å². The molecule has 5 nitrogen and oxygen atoms in total. The Morgan fingerprint density at radius 1 is 1.16 bits per heavy atom. The molecule has 2 aliphatic heterocycles. The third-order valence-electron chi connectivity index (χ3n) is 6.30. The van der Waals surface area contributed by atoms with Gasteiger partial charge in [-0.2, -0.15) is 0 Å². The summed E-state index contributed by atoms with van der Waals surface area (Å²) in [5.74, 6) is 0. The summed E-state index contributed by atoms with van der Waals surface area (Å²) in [6.07, 6.45) is 5.94. The van der Waals surface area contributed by atoms with Gasteiger partial charge in [0.2, 0.25) is 0 Å². The Morgan fingerprint density at radius 2 is 1.94 bits per heavy atom. The number of anilines is 1. The highest BCUT2D eigenvalue weighted by molar-refractivity contribution is 7.12. The monoisotopic (exact) mass is 453 g/mol. The second-order valence-electron chi connectivity index (χ2n) is 9.94. The molecule has 1 N–H and O–H groups in total. The zero-order chi connectivity index (χ0) is 22.7. The van der Waals surface area contributed by atoms with Gasteiger partial charge in [-0.25, -0.2) is 4.79 Å². The van der Waals surface area contributed by atoms with Crippen molar-refractivity contribution in [2.75, 3.05) is 24.5 Å². The van der Waals surface area contributed by atoms with E-state index in [2.05, 4.69) is 23.1 Å². The van der Waals surface area contributed by atoms with Crippen molar-refractivity contribution in [1.82, 2.24) is 4.90 Å². The summed E-state index contributed by atoms with van der Waals surface area (Å²) in [4.78, 5) is 17.9. The summed E-state index contributed by atoms with van der Waals surface area (Å²) in [5, 5.41) is 10.5. The first kappa shape index (κ1) is 22.8. The molecule has 1 saturated heterocycles. The van der Waals surface area contributed by atoms with Crippen molar-refractivity contribution in [3.8, 4) is 0 Å². The normalized spacial score (nSPS) is 17.6. The number of piperidine rings is 1. The van der Waals surface area contributed by atoms with Crippen molar-refractivity contribution in [2.45, 2.75) is 70.9 Å². The molecule has 3 heterocycles. The average molecular weight is 454 g/mol. The van der Waals surface area contributed by atoms with E-state index < -0.39 is 5.60 Å². The van der Waals surface area contributed by atoms with Crippen molar-refractivity contribution in [3.63, 3.8) is 0 Å². The standard InChI is InChI=1S/C26H35N3O2S/c1-26(2,3)31-25(30)28-14-11-21(12-15-28)29-13-5-4-7-20-17-19(9-10-23(20)29)18-22(27)24-8-6-16-32-24/h6,8-10,16-17,21,27H,4-5,7,11-15,18H2,1-3H3. The Labute approximate surface area is 195 Å². The first-order chi connectivity index (χ1) is 15.3. The highest BCUT2D eigenvalue weighted by Gasteiger charge is 2.31. The van der Waals surface area contributed by atoms with Gasteiger partial charge < -0.3 is 19.9 Å². The van der Waals surface area contributed by atoms with Crippen LogP contribution in [0.2, 0.25) is 0 Å². The number of aryl methyl sites for hydroxylation is 1. The van der Waals surface area contributed by atoms with Gasteiger partial charge in [0, 0.05) is 42.7 Å². The van der Waals surface area contributed by atoms with E-state index in [1.165, 1.54) is 29.7 Å². The summed E-state index contributed by atoms with van der Waals surface area (Å²) < 4.78 is 5.56. The summed E-state index contributed by atoms with van der Waals surface area (Å²) in [5.41, 5.74) is 4.23. The molecule has 0 unspecified atom stereocenters. The maximum atomic E-state index is 12.4. The topological polar surface area (TPSA) is 56.6 Å². The van der Waals surface area contributed by atoms with Gasteiger partial charge in [-0.15, -0.1) is 11.3 Å². The molecule has 0 atom stereocenters. The number of ether oxygens (including phenoxy) is 1. The molecule has 0 bridgehead atoms. The van der Waals surface area contributed by atoms with E-state index >= 15 is 0 Å². The van der Waals surface area contributed by atoms with Crippen LogP contribution in [0.1, 0.15) is 62.5 Å². The smallest absolute Gasteiger partial charge is 0.410 e. The van der Waals surface area contributed by atoms with Gasteiger partial charge in [-0.05, 0) is 81.5 Å². The Morgan fingerprint density at radius 3 is 2.62 bits per heavy atom. The number of thiophene rings is 1. The van der Waals surface area contributed by atoms with Crippen molar-refractivity contribution >= 4 is 28.8 Å². The summed E-state index contributed by atoms with van der Waals surface area (Å²) in [6.45, 7) is 8.34. The van der Waals surface area contributed by atoms with Gasteiger partial charge in [0.25, 0.3) is 0 Å². The van der Waals surface area contributed by atoms with E-state index in [1.807, 2.05) is 43.2 Å². The maximum absolute atomic E-state index is 12.4. The number of amides is 1. The second-order valence-corrected chi connectivity index (χ2v) is 10.9. The molecular formula is C26H35N3O2S. The van der Waals surface area contributed by atoms with E-state index in [0.717, 1.165) is 43.8 Å². The van der Waals surface area contributed by atoms with Crippen LogP contribution in [0.5, 0.6) is 0 Å². The van der Waals surface area contributed by atoms with E-state index in [1.54, 1.807) is 11.3 Å². The molecule has 0 radical (unpaired) electrons. The number of carbonyl (C=O) groups is 1. The van der Waals surface area contributed by atoms with Crippen LogP contribution in [-0.4, -0.2) is 48.0 Å². The lowest BCUT2D eigenvalue weighted by atomic mass is 9.98. The minimum Gasteiger partial charge on any atom is -0.444 e. The molecule has 0 aliphatic carbocycles. The molecule has 1 aromatic heterocycles. The number of benzene rings is 1. The van der Waals surface area contributed by atoms with E-state index in [9.17, 15) is 4.79 Å². The molecule has 1 fully saturated rings. The minimum absolute atomic E-state index is 0.190. The average Bonchev–Trinajstić information content (AvgIpc) is 3.21. The van der Waals surface area contributed by atoms with Crippen LogP contribution in [0, 0.1) is 5.41 Å². The molecule has 172 valence electrons. The van der Waals surface area contributed by atoms with E-state index in [0.29, 0.717) is 18.2 Å². The quantitative estimate of drug-likeness (QED) is 0.586. The fourth-order valence-electron chi connectivity index (χ4n) is 4.75. The Kier molecular flexibility index (Phi) is 6.89. The van der Waals surface area contributed by atoms with Crippen molar-refractivity contribution in [3.05, 3.63) is 51.7 Å². The SMILES string of the molecule is CC(C)(C)OC(=O)N1CCC(N2CCCCc3cc(CC(=N)c4cccs4)ccc32)CC1. The highest BCUT2D eigenvalue weighted by atomic mass is 32.1. The number of nitrogens with zero attached hydrogens (tertiary/aromatic N) is 2. The van der Waals surface area contributed by atoms with Gasteiger partial charge >= 0.3 is 6.09 Å². The second kappa shape index (κ2) is 9.65. The van der Waals surface area contributed by atoms with Crippen LogP contribution >= 0.6 is 11.3 Å². The van der Waals surface area contributed by atoms with Crippen molar-refractivity contribution in [1.29, 1.82) is 5.41 Å². The lowest BCUT2D eigenvalue weighted by molar-refractivity contribution is 0.0204. The summed E-state index contributed by atoms with van der Waals surface area (Å²) >= 11 is 1.64. The Balaban J connectivity index is 1.43. The molecule has 2 aromatic rings. The number of fused-ring (bicyclic) bond motifs is 1. The molecule has 1 aromatic carbocycles. The Hall–Kier alpha value is -2.34. The molecule has 0 saturated carbocycles. The fraction of sp³-hybridized carbons (Fsp3) is 0.538. The van der Waals surface area contributed by atoms with Crippen molar-refractivity contribution < 1.29 is 9.53 Å². The lowest BCUT2D eigenvalue weighted by Gasteiger charge is -2.40. The largest absolute Gasteiger partial charge is 0.444 e. The van der Waals surface area contributed by atoms with Crippen LogP contribution in [0.3, 0.4) is 0 Å². The predicted octanol–water partition coefficient (Wildman–Crippen LogP) is 5.90. The van der Waals surface area contributed by atoms with Crippen LogP contribution < -0.4 is 4.90 Å². The Bertz CT molecular complexity index is 940. The number of rotatable bonds is 4. The molecule has 4 rings (SSSR count). The van der Waals surface area contributed by atoms with Gasteiger partial charge in [-0.1, -0.05) is 18.2 Å². The van der Waals surface area contributed by atoms with Crippen LogP contribution in [0.25, 0.3) is 0 Å². The molecule has 1 amide bonds. The van der Waals surface area contributed by atoms with E-state index in [-0.39, 0.29) is 6.09 Å². The molecule has 0 spiro atoms. The molecule has 6 heteroatoms. The van der Waals surface area contributed by atoms with Crippen LogP contribution in [0.15, 0.2) is 35.7 Å². The maximum Gasteiger partial charge on any atom is 0.410 e. The van der Waals surface area contributed by atoms with Crippen molar-refractivity contribution in [2.24, 2.45) is 0 Å². The summed E-state index contributed by atoms with van der Waals surface area (Å²) in [7, 11) is 0. The van der Waals surface area contributed by atoms with Gasteiger partial charge in [0.1, 0.15) is 5.60 Å². The first-order valence-electron chi connectivity index (χ1n) is 11.8. The number of nitrogens with one attached hydrogen (secondary N) is 1. The zero-order valence-corrected chi connectivity index (χ0v) is 20.3. The van der Waals surface area contributed by atoms with Gasteiger partial charge in [0.05, 0.1) is 5.71 Å². The molecule has 32 heavy (non-hydrogen) atoms. The number of hydrogen-bond donors (Lipinski definition) is 1. The lowest BCUT2D eigenvalue weighted by Crippen LogP contribution is -2.48. The fourth-order valence-corrected chi connectivity index (χ4v) is 5.43. The molecule has 2 aliphatic rings. The first-order valence-corrected chi connectivity index (χ1v) is 12.7. The third kappa shape index (κ3) is 5.52.